The molecule has 0 aliphatic heterocycles. The van der Waals surface area contributed by atoms with E-state index in [0.29, 0.717) is 4.75 Å². The predicted molar refractivity (Wildman–Crippen MR) is 78.6 cm³/mol. The van der Waals surface area contributed by atoms with Gasteiger partial charge in [0.05, 0.1) is 0 Å². The molecule has 0 heterocycles. The molecule has 94 valence electrons. The van der Waals surface area contributed by atoms with Crippen LogP contribution >= 0.6 is 24.4 Å². The van der Waals surface area contributed by atoms with Crippen molar-refractivity contribution in [2.24, 2.45) is 11.8 Å². The zero-order valence-corrected chi connectivity index (χ0v) is 12.6. The van der Waals surface area contributed by atoms with E-state index in [1.807, 2.05) is 0 Å². The standard InChI is InChI=1S/C14H26S2/c1-4-9-14(15,12-5-6-12)10(2)11(3)16-13-7-8-13/h10-13,15H,4-9H2,1-3H3. The van der Waals surface area contributed by atoms with Gasteiger partial charge in [0.1, 0.15) is 0 Å². The average Bonchev–Trinajstić information content (AvgIpc) is 3.08. The molecule has 2 rings (SSSR count). The monoisotopic (exact) mass is 258 g/mol. The van der Waals surface area contributed by atoms with Crippen molar-refractivity contribution in [3.63, 3.8) is 0 Å². The Kier molecular flexibility index (Phi) is 4.22. The second-order valence-corrected chi connectivity index (χ2v) is 8.36. The van der Waals surface area contributed by atoms with Crippen molar-refractivity contribution >= 4 is 24.4 Å². The van der Waals surface area contributed by atoms with Crippen LogP contribution in [-0.4, -0.2) is 15.2 Å². The van der Waals surface area contributed by atoms with Gasteiger partial charge in [0.15, 0.2) is 0 Å². The van der Waals surface area contributed by atoms with Gasteiger partial charge in [0, 0.05) is 15.2 Å². The highest BCUT2D eigenvalue weighted by Crippen LogP contribution is 2.53. The maximum Gasteiger partial charge on any atom is 0.0194 e. The first-order valence-corrected chi connectivity index (χ1v) is 8.34. The van der Waals surface area contributed by atoms with Gasteiger partial charge in [0.2, 0.25) is 0 Å². The summed E-state index contributed by atoms with van der Waals surface area (Å²) >= 11 is 7.34. The van der Waals surface area contributed by atoms with E-state index in [4.69, 9.17) is 12.6 Å². The molecule has 0 bridgehead atoms. The van der Waals surface area contributed by atoms with Crippen molar-refractivity contribution in [2.75, 3.05) is 0 Å². The van der Waals surface area contributed by atoms with Gasteiger partial charge in [-0.2, -0.15) is 24.4 Å². The Balaban J connectivity index is 1.94. The van der Waals surface area contributed by atoms with Crippen molar-refractivity contribution in [1.82, 2.24) is 0 Å². The third-order valence-corrected chi connectivity index (χ3v) is 7.05. The average molecular weight is 258 g/mol. The number of thiol groups is 1. The van der Waals surface area contributed by atoms with E-state index >= 15 is 0 Å². The van der Waals surface area contributed by atoms with Crippen LogP contribution in [0.5, 0.6) is 0 Å². The molecular weight excluding hydrogens is 232 g/mol. The molecule has 0 saturated heterocycles. The largest absolute Gasteiger partial charge is 0.172 e. The summed E-state index contributed by atoms with van der Waals surface area (Å²) in [6.07, 6.45) is 8.35. The maximum absolute atomic E-state index is 5.12. The number of hydrogen-bond acceptors (Lipinski definition) is 2. The molecule has 3 atom stereocenters. The quantitative estimate of drug-likeness (QED) is 0.641. The summed E-state index contributed by atoms with van der Waals surface area (Å²) in [6.45, 7) is 7.18. The van der Waals surface area contributed by atoms with E-state index in [-0.39, 0.29) is 0 Å². The van der Waals surface area contributed by atoms with E-state index in [0.717, 1.165) is 22.3 Å². The Hall–Kier alpha value is 0.700. The van der Waals surface area contributed by atoms with E-state index in [1.165, 1.54) is 38.5 Å². The van der Waals surface area contributed by atoms with Gasteiger partial charge >= 0.3 is 0 Å². The molecule has 2 saturated carbocycles. The Morgan fingerprint density at radius 1 is 1.25 bits per heavy atom. The SMILES string of the molecule is CCCC(S)(C1CC1)C(C)C(C)SC1CC1. The molecule has 2 fully saturated rings. The number of hydrogen-bond donors (Lipinski definition) is 1. The van der Waals surface area contributed by atoms with Gasteiger partial charge in [0.25, 0.3) is 0 Å². The first-order valence-electron chi connectivity index (χ1n) is 6.95. The summed E-state index contributed by atoms with van der Waals surface area (Å²) < 4.78 is 0.329. The second-order valence-electron chi connectivity index (χ2n) is 5.84. The molecule has 0 N–H and O–H groups in total. The number of rotatable bonds is 7. The molecule has 16 heavy (non-hydrogen) atoms. The molecular formula is C14H26S2. The minimum atomic E-state index is 0.329. The molecule has 0 amide bonds. The highest BCUT2D eigenvalue weighted by Gasteiger charge is 2.47. The van der Waals surface area contributed by atoms with Crippen LogP contribution in [0.15, 0.2) is 0 Å². The van der Waals surface area contributed by atoms with Crippen LogP contribution in [0.1, 0.15) is 59.3 Å². The molecule has 2 aliphatic rings. The first kappa shape index (κ1) is 13.1. The molecule has 2 heteroatoms. The molecule has 3 unspecified atom stereocenters. The third-order valence-electron chi connectivity index (χ3n) is 4.36. The lowest BCUT2D eigenvalue weighted by atomic mass is 9.82. The van der Waals surface area contributed by atoms with Crippen LogP contribution in [0.4, 0.5) is 0 Å². The Morgan fingerprint density at radius 2 is 1.88 bits per heavy atom. The van der Waals surface area contributed by atoms with E-state index in [2.05, 4.69) is 32.5 Å². The van der Waals surface area contributed by atoms with Crippen molar-refractivity contribution in [3.8, 4) is 0 Å². The van der Waals surface area contributed by atoms with Gasteiger partial charge in [-0.3, -0.25) is 0 Å². The molecule has 0 aromatic heterocycles. The summed E-state index contributed by atoms with van der Waals surface area (Å²) in [5.74, 6) is 1.67. The Labute approximate surface area is 111 Å². The van der Waals surface area contributed by atoms with Crippen molar-refractivity contribution in [2.45, 2.75) is 74.5 Å². The van der Waals surface area contributed by atoms with Gasteiger partial charge in [-0.05, 0) is 43.9 Å². The van der Waals surface area contributed by atoms with Gasteiger partial charge in [-0.25, -0.2) is 0 Å². The van der Waals surface area contributed by atoms with Crippen LogP contribution in [0.3, 0.4) is 0 Å². The Morgan fingerprint density at radius 3 is 2.31 bits per heavy atom. The smallest absolute Gasteiger partial charge is 0.0194 e. The lowest BCUT2D eigenvalue weighted by Crippen LogP contribution is -2.38. The Bertz CT molecular complexity index is 233. The molecule has 0 spiro atoms. The van der Waals surface area contributed by atoms with Gasteiger partial charge < -0.3 is 0 Å². The van der Waals surface area contributed by atoms with Crippen LogP contribution in [0.2, 0.25) is 0 Å². The van der Waals surface area contributed by atoms with Crippen molar-refractivity contribution in [1.29, 1.82) is 0 Å². The number of thioether (sulfide) groups is 1. The summed E-state index contributed by atoms with van der Waals surface area (Å²) in [4.78, 5) is 0. The van der Waals surface area contributed by atoms with Crippen LogP contribution in [-0.2, 0) is 0 Å². The van der Waals surface area contributed by atoms with Crippen molar-refractivity contribution in [3.05, 3.63) is 0 Å². The highest BCUT2D eigenvalue weighted by atomic mass is 32.2. The second kappa shape index (κ2) is 5.14. The van der Waals surface area contributed by atoms with Crippen LogP contribution in [0.25, 0.3) is 0 Å². The van der Waals surface area contributed by atoms with Crippen LogP contribution in [0, 0.1) is 11.8 Å². The molecule has 0 radical (unpaired) electrons. The lowest BCUT2D eigenvalue weighted by molar-refractivity contribution is 0.341. The summed E-state index contributed by atoms with van der Waals surface area (Å²) in [5.41, 5.74) is 0. The van der Waals surface area contributed by atoms with E-state index < -0.39 is 0 Å². The minimum absolute atomic E-state index is 0.329. The van der Waals surface area contributed by atoms with E-state index in [9.17, 15) is 0 Å². The summed E-state index contributed by atoms with van der Waals surface area (Å²) in [7, 11) is 0. The minimum Gasteiger partial charge on any atom is -0.172 e. The maximum atomic E-state index is 5.12. The van der Waals surface area contributed by atoms with Gasteiger partial charge in [-0.15, -0.1) is 0 Å². The zero-order valence-electron chi connectivity index (χ0n) is 10.9. The van der Waals surface area contributed by atoms with Crippen LogP contribution < -0.4 is 0 Å². The molecule has 2 aliphatic carbocycles. The molecule has 0 nitrogen and oxygen atoms in total. The first-order chi connectivity index (χ1) is 7.58. The zero-order chi connectivity index (χ0) is 11.8. The van der Waals surface area contributed by atoms with Crippen molar-refractivity contribution < 1.29 is 0 Å². The summed E-state index contributed by atoms with van der Waals surface area (Å²) in [6, 6.07) is 0. The highest BCUT2D eigenvalue weighted by molar-refractivity contribution is 8.00. The molecule has 0 aromatic rings. The predicted octanol–water partition coefficient (Wildman–Crippen LogP) is 4.79. The van der Waals surface area contributed by atoms with Gasteiger partial charge in [-0.1, -0.05) is 27.2 Å². The topological polar surface area (TPSA) is 0 Å². The fourth-order valence-corrected chi connectivity index (χ4v) is 5.12. The normalized spacial score (nSPS) is 28.5. The summed E-state index contributed by atoms with van der Waals surface area (Å²) in [5, 5.41) is 1.77. The fourth-order valence-electron chi connectivity index (χ4n) is 2.82. The lowest BCUT2D eigenvalue weighted by Gasteiger charge is -2.38. The van der Waals surface area contributed by atoms with E-state index in [1.54, 1.807) is 0 Å². The molecule has 0 aromatic carbocycles. The fraction of sp³-hybridized carbons (Fsp3) is 1.00. The third kappa shape index (κ3) is 2.93.